The van der Waals surface area contributed by atoms with Gasteiger partial charge in [-0.05, 0) is 42.5 Å². The molecule has 0 saturated heterocycles. The third-order valence-corrected chi connectivity index (χ3v) is 4.16. The van der Waals surface area contributed by atoms with Gasteiger partial charge in [-0.3, -0.25) is 4.79 Å². The minimum absolute atomic E-state index is 0.124. The maximum atomic E-state index is 12.1. The maximum absolute atomic E-state index is 12.1. The highest BCUT2D eigenvalue weighted by Gasteiger charge is 2.27. The lowest BCUT2D eigenvalue weighted by molar-refractivity contribution is -0.146. The molecule has 0 fully saturated rings. The number of esters is 1. The van der Waals surface area contributed by atoms with Crippen molar-refractivity contribution >= 4 is 33.7 Å². The van der Waals surface area contributed by atoms with Gasteiger partial charge in [0.25, 0.3) is 0 Å². The van der Waals surface area contributed by atoms with E-state index in [4.69, 9.17) is 4.74 Å². The molecule has 0 aliphatic carbocycles. The summed E-state index contributed by atoms with van der Waals surface area (Å²) in [6, 6.07) is 7.91. The Bertz CT molecular complexity index is 378. The van der Waals surface area contributed by atoms with E-state index in [1.165, 1.54) is 0 Å². The van der Waals surface area contributed by atoms with Crippen molar-refractivity contribution in [2.45, 2.75) is 19.8 Å². The molecule has 0 spiro atoms. The van der Waals surface area contributed by atoms with E-state index in [1.807, 2.05) is 31.2 Å². The zero-order valence-electron chi connectivity index (χ0n) is 11.0. The molecule has 2 atom stereocenters. The van der Waals surface area contributed by atoms with Gasteiger partial charge in [0.1, 0.15) is 0 Å². The molecule has 0 N–H and O–H groups in total. The van der Waals surface area contributed by atoms with Crippen LogP contribution >= 0.6 is 27.7 Å². The topological polar surface area (TPSA) is 26.3 Å². The number of ether oxygens (including phenoxy) is 1. The lowest BCUT2D eigenvalue weighted by Crippen LogP contribution is -2.23. The van der Waals surface area contributed by atoms with Crippen LogP contribution in [0.25, 0.3) is 0 Å². The van der Waals surface area contributed by atoms with Crippen molar-refractivity contribution in [2.75, 3.05) is 18.6 Å². The van der Waals surface area contributed by atoms with Crippen LogP contribution in [0.1, 0.15) is 25.3 Å². The largest absolute Gasteiger partial charge is 0.466 e. The number of benzene rings is 1. The number of hydrogen-bond acceptors (Lipinski definition) is 3. The third-order valence-electron chi connectivity index (χ3n) is 2.77. The van der Waals surface area contributed by atoms with E-state index in [9.17, 15) is 4.79 Å². The summed E-state index contributed by atoms with van der Waals surface area (Å²) in [7, 11) is 0. The molecular weight excluding hydrogens is 312 g/mol. The lowest BCUT2D eigenvalue weighted by atomic mass is 9.88. The average Bonchev–Trinajstić information content (AvgIpc) is 2.33. The summed E-state index contributed by atoms with van der Waals surface area (Å²) in [5.41, 5.74) is 1.03. The SMILES string of the molecule is CCOC(=O)C(c1ccc(Br)cc1)C(C)CSC. The minimum atomic E-state index is -0.175. The summed E-state index contributed by atoms with van der Waals surface area (Å²) in [4.78, 5) is 12.1. The van der Waals surface area contributed by atoms with Crippen molar-refractivity contribution in [1.29, 1.82) is 0 Å². The van der Waals surface area contributed by atoms with Gasteiger partial charge in [-0.25, -0.2) is 0 Å². The Kier molecular flexibility index (Phi) is 6.79. The molecule has 4 heteroatoms. The van der Waals surface area contributed by atoms with Gasteiger partial charge >= 0.3 is 5.97 Å². The van der Waals surface area contributed by atoms with Gasteiger partial charge in [0.05, 0.1) is 12.5 Å². The van der Waals surface area contributed by atoms with Crippen LogP contribution in [0.4, 0.5) is 0 Å². The summed E-state index contributed by atoms with van der Waals surface area (Å²) >= 11 is 5.16. The first-order valence-electron chi connectivity index (χ1n) is 6.01. The fourth-order valence-corrected chi connectivity index (χ4v) is 2.94. The van der Waals surface area contributed by atoms with Crippen LogP contribution in [-0.4, -0.2) is 24.6 Å². The second-order valence-electron chi connectivity index (χ2n) is 4.21. The minimum Gasteiger partial charge on any atom is -0.466 e. The fraction of sp³-hybridized carbons (Fsp3) is 0.500. The van der Waals surface area contributed by atoms with Gasteiger partial charge in [-0.1, -0.05) is 35.0 Å². The molecule has 2 unspecified atom stereocenters. The van der Waals surface area contributed by atoms with Gasteiger partial charge < -0.3 is 4.74 Å². The van der Waals surface area contributed by atoms with E-state index >= 15 is 0 Å². The second kappa shape index (κ2) is 7.85. The number of carbonyl (C=O) groups is 1. The van der Waals surface area contributed by atoms with Crippen LogP contribution in [0.3, 0.4) is 0 Å². The molecule has 2 nitrogen and oxygen atoms in total. The Morgan fingerprint density at radius 1 is 1.39 bits per heavy atom. The molecule has 1 aromatic carbocycles. The van der Waals surface area contributed by atoms with Gasteiger partial charge in [-0.15, -0.1) is 0 Å². The maximum Gasteiger partial charge on any atom is 0.313 e. The monoisotopic (exact) mass is 330 g/mol. The molecule has 0 aromatic heterocycles. The highest BCUT2D eigenvalue weighted by atomic mass is 79.9. The van der Waals surface area contributed by atoms with Crippen molar-refractivity contribution in [2.24, 2.45) is 5.92 Å². The Hall–Kier alpha value is -0.480. The Morgan fingerprint density at radius 2 is 2.00 bits per heavy atom. The first-order valence-corrected chi connectivity index (χ1v) is 8.19. The van der Waals surface area contributed by atoms with Crippen molar-refractivity contribution in [3.05, 3.63) is 34.3 Å². The number of halogens is 1. The molecule has 1 rings (SSSR count). The summed E-state index contributed by atoms with van der Waals surface area (Å²) in [5.74, 6) is 0.909. The summed E-state index contributed by atoms with van der Waals surface area (Å²) < 4.78 is 6.22. The smallest absolute Gasteiger partial charge is 0.313 e. The summed E-state index contributed by atoms with van der Waals surface area (Å²) in [6.07, 6.45) is 2.06. The van der Waals surface area contributed by atoms with Crippen LogP contribution in [0.2, 0.25) is 0 Å². The summed E-state index contributed by atoms with van der Waals surface area (Å²) in [6.45, 7) is 4.37. The molecule has 0 heterocycles. The van der Waals surface area contributed by atoms with Crippen molar-refractivity contribution < 1.29 is 9.53 Å². The van der Waals surface area contributed by atoms with Gasteiger partial charge in [-0.2, -0.15) is 11.8 Å². The zero-order valence-corrected chi connectivity index (χ0v) is 13.4. The third kappa shape index (κ3) is 4.32. The zero-order chi connectivity index (χ0) is 13.5. The number of thioether (sulfide) groups is 1. The van der Waals surface area contributed by atoms with Crippen LogP contribution in [0.15, 0.2) is 28.7 Å². The van der Waals surface area contributed by atoms with E-state index in [0.29, 0.717) is 6.61 Å². The molecular formula is C14H19BrO2S. The van der Waals surface area contributed by atoms with E-state index in [2.05, 4.69) is 29.1 Å². The lowest BCUT2D eigenvalue weighted by Gasteiger charge is -2.22. The number of hydrogen-bond donors (Lipinski definition) is 0. The molecule has 0 bridgehead atoms. The van der Waals surface area contributed by atoms with Crippen LogP contribution in [0.5, 0.6) is 0 Å². The quantitative estimate of drug-likeness (QED) is 0.734. The van der Waals surface area contributed by atoms with Crippen LogP contribution in [-0.2, 0) is 9.53 Å². The number of carbonyl (C=O) groups excluding carboxylic acids is 1. The van der Waals surface area contributed by atoms with Crippen LogP contribution < -0.4 is 0 Å². The second-order valence-corrected chi connectivity index (χ2v) is 6.04. The standard InChI is InChI=1S/C14H19BrO2S/c1-4-17-14(16)13(10(2)9-18-3)11-5-7-12(15)8-6-11/h5-8,10,13H,4,9H2,1-3H3. The predicted molar refractivity (Wildman–Crippen MR) is 81.1 cm³/mol. The molecule has 0 aliphatic rings. The molecule has 0 aliphatic heterocycles. The van der Waals surface area contributed by atoms with Crippen molar-refractivity contribution in [3.63, 3.8) is 0 Å². The summed E-state index contributed by atoms with van der Waals surface area (Å²) in [5, 5.41) is 0. The highest BCUT2D eigenvalue weighted by Crippen LogP contribution is 2.29. The van der Waals surface area contributed by atoms with Crippen molar-refractivity contribution in [3.8, 4) is 0 Å². The first kappa shape index (κ1) is 15.6. The highest BCUT2D eigenvalue weighted by molar-refractivity contribution is 9.10. The molecule has 0 amide bonds. The van der Waals surface area contributed by atoms with E-state index in [-0.39, 0.29) is 17.8 Å². The number of rotatable bonds is 6. The molecule has 100 valence electrons. The predicted octanol–water partition coefficient (Wildman–Crippen LogP) is 4.09. The molecule has 0 saturated carbocycles. The molecule has 1 aromatic rings. The van der Waals surface area contributed by atoms with Crippen molar-refractivity contribution in [1.82, 2.24) is 0 Å². The fourth-order valence-electron chi connectivity index (χ4n) is 1.96. The van der Waals surface area contributed by atoms with E-state index in [1.54, 1.807) is 11.8 Å². The Balaban J connectivity index is 2.95. The Morgan fingerprint density at radius 3 is 2.50 bits per heavy atom. The van der Waals surface area contributed by atoms with Gasteiger partial charge in [0.2, 0.25) is 0 Å². The first-order chi connectivity index (χ1) is 8.60. The van der Waals surface area contributed by atoms with E-state index < -0.39 is 0 Å². The Labute approximate surface area is 122 Å². The van der Waals surface area contributed by atoms with Gasteiger partial charge in [0, 0.05) is 4.47 Å². The van der Waals surface area contributed by atoms with Crippen LogP contribution in [0, 0.1) is 5.92 Å². The molecule has 18 heavy (non-hydrogen) atoms. The average molecular weight is 331 g/mol. The molecule has 0 radical (unpaired) electrons. The normalized spacial score (nSPS) is 14.0. The van der Waals surface area contributed by atoms with E-state index in [0.717, 1.165) is 15.8 Å². The van der Waals surface area contributed by atoms with Gasteiger partial charge in [0.15, 0.2) is 0 Å².